The molecule has 0 saturated heterocycles. The van der Waals surface area contributed by atoms with Crippen molar-refractivity contribution < 1.29 is 14.3 Å². The third kappa shape index (κ3) is 5.04. The number of nitrogens with zero attached hydrogens (tertiary/aromatic N) is 2. The number of hydrogen-bond acceptors (Lipinski definition) is 7. The molecule has 1 atom stereocenters. The van der Waals surface area contributed by atoms with Crippen LogP contribution in [0.2, 0.25) is 0 Å². The molecule has 0 fully saturated rings. The SMILES string of the molecule is CCOC(=O)c1ccc(NC(=O)C(CC)Sc2nnc(C)s2)cc1. The van der Waals surface area contributed by atoms with Gasteiger partial charge in [0.2, 0.25) is 5.91 Å². The molecule has 1 aromatic carbocycles. The maximum Gasteiger partial charge on any atom is 0.338 e. The van der Waals surface area contributed by atoms with Crippen LogP contribution in [0.5, 0.6) is 0 Å². The van der Waals surface area contributed by atoms with Gasteiger partial charge in [-0.15, -0.1) is 10.2 Å². The highest BCUT2D eigenvalue weighted by atomic mass is 32.2. The zero-order valence-corrected chi connectivity index (χ0v) is 15.4. The highest BCUT2D eigenvalue weighted by Crippen LogP contribution is 2.28. The van der Waals surface area contributed by atoms with E-state index in [-0.39, 0.29) is 17.1 Å². The van der Waals surface area contributed by atoms with Crippen molar-refractivity contribution >= 4 is 40.7 Å². The van der Waals surface area contributed by atoms with Crippen molar-refractivity contribution in [2.24, 2.45) is 0 Å². The van der Waals surface area contributed by atoms with Crippen LogP contribution < -0.4 is 5.32 Å². The summed E-state index contributed by atoms with van der Waals surface area (Å²) >= 11 is 2.88. The average Bonchev–Trinajstić information content (AvgIpc) is 2.98. The topological polar surface area (TPSA) is 81.2 Å². The Morgan fingerprint density at radius 3 is 2.50 bits per heavy atom. The van der Waals surface area contributed by atoms with Crippen LogP contribution in [0.3, 0.4) is 0 Å². The number of amides is 1. The molecule has 0 saturated carbocycles. The number of thioether (sulfide) groups is 1. The monoisotopic (exact) mass is 365 g/mol. The molecule has 0 bridgehead atoms. The number of carbonyl (C=O) groups is 2. The van der Waals surface area contributed by atoms with Crippen molar-refractivity contribution in [3.63, 3.8) is 0 Å². The molecule has 6 nitrogen and oxygen atoms in total. The molecule has 2 aromatic rings. The van der Waals surface area contributed by atoms with Gasteiger partial charge in [0.15, 0.2) is 4.34 Å². The van der Waals surface area contributed by atoms with E-state index >= 15 is 0 Å². The summed E-state index contributed by atoms with van der Waals surface area (Å²) < 4.78 is 5.72. The van der Waals surface area contributed by atoms with Crippen molar-refractivity contribution in [1.29, 1.82) is 0 Å². The second-order valence-corrected chi connectivity index (χ2v) is 7.52. The molecule has 1 aromatic heterocycles. The Kier molecular flexibility index (Phi) is 6.74. The van der Waals surface area contributed by atoms with Crippen molar-refractivity contribution in [2.75, 3.05) is 11.9 Å². The number of ether oxygens (including phenoxy) is 1. The number of anilines is 1. The van der Waals surface area contributed by atoms with E-state index < -0.39 is 0 Å². The molecule has 24 heavy (non-hydrogen) atoms. The van der Waals surface area contributed by atoms with E-state index in [0.717, 1.165) is 9.35 Å². The lowest BCUT2D eigenvalue weighted by Crippen LogP contribution is -2.24. The molecule has 8 heteroatoms. The summed E-state index contributed by atoms with van der Waals surface area (Å²) in [5, 5.41) is 11.5. The van der Waals surface area contributed by atoms with E-state index in [1.807, 2.05) is 13.8 Å². The third-order valence-electron chi connectivity index (χ3n) is 3.08. The standard InChI is InChI=1S/C16H19N3O3S2/c1-4-13(24-16-19-18-10(3)23-16)14(20)17-12-8-6-11(7-9-12)15(21)22-5-2/h6-9,13H,4-5H2,1-3H3,(H,17,20). The molecule has 0 radical (unpaired) electrons. The number of carbonyl (C=O) groups excluding carboxylic acids is 2. The van der Waals surface area contributed by atoms with Gasteiger partial charge in [0, 0.05) is 5.69 Å². The third-order valence-corrected chi connectivity index (χ3v) is 5.36. The van der Waals surface area contributed by atoms with E-state index in [1.54, 1.807) is 31.2 Å². The zero-order valence-electron chi connectivity index (χ0n) is 13.7. The normalized spacial score (nSPS) is 11.8. The first-order valence-electron chi connectivity index (χ1n) is 7.58. The first-order chi connectivity index (χ1) is 11.5. The minimum absolute atomic E-state index is 0.0979. The summed E-state index contributed by atoms with van der Waals surface area (Å²) in [4.78, 5) is 24.0. The molecule has 0 aliphatic heterocycles. The van der Waals surface area contributed by atoms with Crippen LogP contribution in [0.25, 0.3) is 0 Å². The van der Waals surface area contributed by atoms with Gasteiger partial charge in [-0.2, -0.15) is 0 Å². The predicted octanol–water partition coefficient (Wildman–Crippen LogP) is 3.53. The lowest BCUT2D eigenvalue weighted by atomic mass is 10.2. The number of nitrogens with one attached hydrogen (secondary N) is 1. The summed E-state index contributed by atoms with van der Waals surface area (Å²) in [6, 6.07) is 6.65. The molecular weight excluding hydrogens is 346 g/mol. The molecular formula is C16H19N3O3S2. The summed E-state index contributed by atoms with van der Waals surface area (Å²) in [6.07, 6.45) is 0.677. The summed E-state index contributed by atoms with van der Waals surface area (Å²) in [7, 11) is 0. The van der Waals surface area contributed by atoms with Crippen molar-refractivity contribution in [3.8, 4) is 0 Å². The van der Waals surface area contributed by atoms with Gasteiger partial charge in [-0.1, -0.05) is 30.0 Å². The largest absolute Gasteiger partial charge is 0.462 e. The van der Waals surface area contributed by atoms with Crippen molar-refractivity contribution in [3.05, 3.63) is 34.8 Å². The number of esters is 1. The van der Waals surface area contributed by atoms with E-state index in [9.17, 15) is 9.59 Å². The Bertz CT molecular complexity index is 701. The first kappa shape index (κ1) is 18.4. The van der Waals surface area contributed by atoms with Gasteiger partial charge in [-0.05, 0) is 44.5 Å². The van der Waals surface area contributed by atoms with Gasteiger partial charge in [0.1, 0.15) is 5.01 Å². The lowest BCUT2D eigenvalue weighted by molar-refractivity contribution is -0.115. The van der Waals surface area contributed by atoms with Crippen molar-refractivity contribution in [2.45, 2.75) is 36.8 Å². The zero-order chi connectivity index (χ0) is 17.5. The van der Waals surface area contributed by atoms with Crippen LogP contribution in [0.15, 0.2) is 28.6 Å². The van der Waals surface area contributed by atoms with Gasteiger partial charge < -0.3 is 10.1 Å². The maximum atomic E-state index is 12.4. The number of aromatic nitrogens is 2. The second kappa shape index (κ2) is 8.79. The Morgan fingerprint density at radius 1 is 1.25 bits per heavy atom. The predicted molar refractivity (Wildman–Crippen MR) is 95.6 cm³/mol. The summed E-state index contributed by atoms with van der Waals surface area (Å²) in [5.41, 5.74) is 1.10. The number of aryl methyl sites for hydroxylation is 1. The number of hydrogen-bond donors (Lipinski definition) is 1. The molecule has 1 unspecified atom stereocenters. The second-order valence-electron chi connectivity index (χ2n) is 4.89. The molecule has 128 valence electrons. The van der Waals surface area contributed by atoms with E-state index in [1.165, 1.54) is 23.1 Å². The molecule has 1 heterocycles. The van der Waals surface area contributed by atoms with Crippen molar-refractivity contribution in [1.82, 2.24) is 10.2 Å². The Morgan fingerprint density at radius 2 is 1.96 bits per heavy atom. The smallest absolute Gasteiger partial charge is 0.338 e. The molecule has 1 N–H and O–H groups in total. The van der Waals surface area contributed by atoms with Gasteiger partial charge in [0.05, 0.1) is 17.4 Å². The van der Waals surface area contributed by atoms with Gasteiger partial charge in [-0.25, -0.2) is 4.79 Å². The van der Waals surface area contributed by atoms with Crippen LogP contribution in [-0.2, 0) is 9.53 Å². The first-order valence-corrected chi connectivity index (χ1v) is 9.27. The van der Waals surface area contributed by atoms with Gasteiger partial charge in [-0.3, -0.25) is 4.79 Å². The minimum Gasteiger partial charge on any atom is -0.462 e. The quantitative estimate of drug-likeness (QED) is 0.597. The van der Waals surface area contributed by atoms with E-state index in [0.29, 0.717) is 24.3 Å². The lowest BCUT2D eigenvalue weighted by Gasteiger charge is -2.13. The molecule has 1 amide bonds. The van der Waals surface area contributed by atoms with Crippen LogP contribution in [0.4, 0.5) is 5.69 Å². The summed E-state index contributed by atoms with van der Waals surface area (Å²) in [5.74, 6) is -0.469. The Balaban J connectivity index is 1.98. The molecule has 0 spiro atoms. The molecule has 0 aliphatic rings. The van der Waals surface area contributed by atoms with Gasteiger partial charge in [0.25, 0.3) is 0 Å². The van der Waals surface area contributed by atoms with Crippen LogP contribution in [0.1, 0.15) is 35.6 Å². The van der Waals surface area contributed by atoms with Crippen LogP contribution >= 0.6 is 23.1 Å². The maximum absolute atomic E-state index is 12.4. The fraction of sp³-hybridized carbons (Fsp3) is 0.375. The highest BCUT2D eigenvalue weighted by Gasteiger charge is 2.20. The average molecular weight is 365 g/mol. The highest BCUT2D eigenvalue weighted by molar-refractivity contribution is 8.02. The van der Waals surface area contributed by atoms with E-state index in [4.69, 9.17) is 4.74 Å². The number of benzene rings is 1. The van der Waals surface area contributed by atoms with Crippen LogP contribution in [0, 0.1) is 6.92 Å². The molecule has 0 aliphatic carbocycles. The van der Waals surface area contributed by atoms with Crippen LogP contribution in [-0.4, -0.2) is 33.9 Å². The summed E-state index contributed by atoms with van der Waals surface area (Å²) in [6.45, 7) is 5.93. The molecule has 2 rings (SSSR count). The fourth-order valence-electron chi connectivity index (χ4n) is 1.90. The Hall–Kier alpha value is -1.93. The fourth-order valence-corrected chi connectivity index (χ4v) is 3.88. The number of rotatable bonds is 7. The minimum atomic E-state index is -0.371. The van der Waals surface area contributed by atoms with Gasteiger partial charge >= 0.3 is 5.97 Å². The Labute approximate surface area is 149 Å². The van der Waals surface area contributed by atoms with E-state index in [2.05, 4.69) is 15.5 Å².